The Bertz CT molecular complexity index is 1340. The molecule has 0 fully saturated rings. The molecular weight excluding hydrogens is 466 g/mol. The van der Waals surface area contributed by atoms with E-state index in [1.165, 1.54) is 34.8 Å². The molecule has 2 heterocycles. The van der Waals surface area contributed by atoms with Gasteiger partial charge in [-0.2, -0.15) is 26.3 Å². The van der Waals surface area contributed by atoms with Gasteiger partial charge < -0.3 is 0 Å². The molecule has 0 nitrogen and oxygen atoms in total. The largest absolute Gasteiger partial charge is 0.416 e. The second kappa shape index (κ2) is 6.36. The molecule has 32 heavy (non-hydrogen) atoms. The van der Waals surface area contributed by atoms with Crippen molar-refractivity contribution in [2.24, 2.45) is 0 Å². The number of fused-ring (bicyclic) bond motifs is 6. The zero-order valence-corrected chi connectivity index (χ0v) is 17.5. The third-order valence-corrected chi connectivity index (χ3v) is 7.71. The van der Waals surface area contributed by atoms with Crippen LogP contribution in [0.3, 0.4) is 0 Å². The molecule has 160 valence electrons. The molecule has 0 saturated carbocycles. The minimum absolute atomic E-state index is 0.497. The van der Waals surface area contributed by atoms with Gasteiger partial charge in [0.1, 0.15) is 0 Å². The molecule has 0 bridgehead atoms. The number of hydrogen-bond acceptors (Lipinski definition) is 2. The SMILES string of the molecule is FC(F)(F)c1ccc2c(c1)-c1ccsc1/C2=C1\c2ccc(C(F)(F)F)cc2-c2ccsc21. The number of benzene rings is 2. The van der Waals surface area contributed by atoms with Crippen LogP contribution in [0.1, 0.15) is 32.0 Å². The Kier molecular flexibility index (Phi) is 3.94. The summed E-state index contributed by atoms with van der Waals surface area (Å²) in [5, 5.41) is 3.65. The average Bonchev–Trinajstić information content (AvgIpc) is 3.47. The van der Waals surface area contributed by atoms with Crippen LogP contribution in [0.2, 0.25) is 0 Å². The van der Waals surface area contributed by atoms with Gasteiger partial charge >= 0.3 is 12.4 Å². The van der Waals surface area contributed by atoms with Crippen molar-refractivity contribution in [1.29, 1.82) is 0 Å². The van der Waals surface area contributed by atoms with Crippen LogP contribution in [0.5, 0.6) is 0 Å². The van der Waals surface area contributed by atoms with Gasteiger partial charge in [0.25, 0.3) is 0 Å². The number of thiophene rings is 2. The lowest BCUT2D eigenvalue weighted by atomic mass is 9.95. The molecule has 4 aromatic rings. The van der Waals surface area contributed by atoms with Crippen molar-refractivity contribution in [2.45, 2.75) is 12.4 Å². The van der Waals surface area contributed by atoms with E-state index in [0.29, 0.717) is 22.3 Å². The second-order valence-corrected chi connectivity index (χ2v) is 9.43. The lowest BCUT2D eigenvalue weighted by Crippen LogP contribution is -2.05. The smallest absolute Gasteiger partial charge is 0.166 e. The van der Waals surface area contributed by atoms with E-state index in [1.54, 1.807) is 12.1 Å². The van der Waals surface area contributed by atoms with E-state index in [1.807, 2.05) is 10.8 Å². The summed E-state index contributed by atoms with van der Waals surface area (Å²) in [6, 6.07) is 11.0. The molecule has 0 radical (unpaired) electrons. The summed E-state index contributed by atoms with van der Waals surface area (Å²) in [6.07, 6.45) is -8.92. The zero-order valence-electron chi connectivity index (χ0n) is 15.9. The van der Waals surface area contributed by atoms with Crippen molar-refractivity contribution in [3.63, 3.8) is 0 Å². The minimum atomic E-state index is -4.46. The number of hydrogen-bond donors (Lipinski definition) is 0. The van der Waals surface area contributed by atoms with Gasteiger partial charge in [0.15, 0.2) is 0 Å². The molecule has 0 aliphatic heterocycles. The first kappa shape index (κ1) is 19.8. The van der Waals surface area contributed by atoms with E-state index in [2.05, 4.69) is 0 Å². The predicted octanol–water partition coefficient (Wildman–Crippen LogP) is 8.82. The van der Waals surface area contributed by atoms with Crippen LogP contribution in [0, 0.1) is 0 Å². The fraction of sp³-hybridized carbons (Fsp3) is 0.0833. The van der Waals surface area contributed by atoms with Gasteiger partial charge in [0.2, 0.25) is 0 Å². The van der Waals surface area contributed by atoms with Crippen LogP contribution in [-0.4, -0.2) is 0 Å². The van der Waals surface area contributed by atoms with Gasteiger partial charge in [0.05, 0.1) is 11.1 Å². The summed E-state index contributed by atoms with van der Waals surface area (Å²) < 4.78 is 80.1. The highest BCUT2D eigenvalue weighted by molar-refractivity contribution is 7.13. The standard InChI is InChI=1S/C24H10F6S2/c25-23(26,27)11-1-3-13-17(9-11)15-5-7-31-21(15)19(13)20-14-4-2-12(24(28,29)30)10-18(14)16-6-8-32-22(16)20/h1-10H/b20-19+. The van der Waals surface area contributed by atoms with Gasteiger partial charge in [-0.25, -0.2) is 0 Å². The molecular formula is C24H10F6S2. The van der Waals surface area contributed by atoms with Gasteiger partial charge in [-0.3, -0.25) is 0 Å². The van der Waals surface area contributed by atoms with E-state index in [9.17, 15) is 26.3 Å². The van der Waals surface area contributed by atoms with Crippen molar-refractivity contribution in [2.75, 3.05) is 0 Å². The summed E-state index contributed by atoms with van der Waals surface area (Å²) in [7, 11) is 0. The van der Waals surface area contributed by atoms with Crippen LogP contribution >= 0.6 is 22.7 Å². The Labute approximate surface area is 186 Å². The maximum absolute atomic E-state index is 13.3. The number of alkyl halides is 6. The first-order chi connectivity index (χ1) is 15.1. The molecule has 8 heteroatoms. The Morgan fingerprint density at radius 3 is 1.25 bits per heavy atom. The number of rotatable bonds is 0. The summed E-state index contributed by atoms with van der Waals surface area (Å²) in [5.41, 5.74) is 3.88. The topological polar surface area (TPSA) is 0 Å². The summed E-state index contributed by atoms with van der Waals surface area (Å²) in [4.78, 5) is 1.67. The summed E-state index contributed by atoms with van der Waals surface area (Å²) in [5.74, 6) is 0. The molecule has 0 atom stereocenters. The van der Waals surface area contributed by atoms with Crippen LogP contribution in [0.4, 0.5) is 26.3 Å². The fourth-order valence-electron chi connectivity index (χ4n) is 4.49. The third-order valence-electron chi connectivity index (χ3n) is 5.85. The molecule has 0 unspecified atom stereocenters. The van der Waals surface area contributed by atoms with Crippen LogP contribution < -0.4 is 0 Å². The summed E-state index contributed by atoms with van der Waals surface area (Å²) in [6.45, 7) is 0. The van der Waals surface area contributed by atoms with Gasteiger partial charge in [-0.15, -0.1) is 22.7 Å². The Balaban J connectivity index is 1.67. The molecule has 2 aromatic heterocycles. The Morgan fingerprint density at radius 2 is 0.875 bits per heavy atom. The lowest BCUT2D eigenvalue weighted by molar-refractivity contribution is -0.138. The molecule has 0 saturated heterocycles. The van der Waals surface area contributed by atoms with Crippen molar-refractivity contribution < 1.29 is 26.3 Å². The molecule has 2 aromatic carbocycles. The Morgan fingerprint density at radius 1 is 0.469 bits per heavy atom. The van der Waals surface area contributed by atoms with Crippen LogP contribution in [0.25, 0.3) is 33.4 Å². The van der Waals surface area contributed by atoms with Crippen molar-refractivity contribution in [3.8, 4) is 22.3 Å². The summed E-state index contributed by atoms with van der Waals surface area (Å²) >= 11 is 2.84. The van der Waals surface area contributed by atoms with E-state index >= 15 is 0 Å². The van der Waals surface area contributed by atoms with Crippen LogP contribution in [-0.2, 0) is 12.4 Å². The molecule has 0 N–H and O–H groups in total. The minimum Gasteiger partial charge on any atom is -0.166 e. The maximum atomic E-state index is 13.3. The third kappa shape index (κ3) is 2.69. The first-order valence-corrected chi connectivity index (χ1v) is 11.2. The van der Waals surface area contributed by atoms with E-state index in [0.717, 1.165) is 56.3 Å². The quantitative estimate of drug-likeness (QED) is 0.192. The van der Waals surface area contributed by atoms with Crippen molar-refractivity contribution >= 4 is 33.8 Å². The monoisotopic (exact) mass is 476 g/mol. The predicted molar refractivity (Wildman–Crippen MR) is 115 cm³/mol. The first-order valence-electron chi connectivity index (χ1n) is 9.48. The average molecular weight is 476 g/mol. The van der Waals surface area contributed by atoms with Gasteiger partial charge in [0, 0.05) is 32.0 Å². The fourth-order valence-corrected chi connectivity index (χ4v) is 6.44. The molecule has 0 spiro atoms. The maximum Gasteiger partial charge on any atom is 0.416 e. The number of halogens is 6. The highest BCUT2D eigenvalue weighted by atomic mass is 32.1. The second-order valence-electron chi connectivity index (χ2n) is 7.59. The van der Waals surface area contributed by atoms with E-state index in [-0.39, 0.29) is 0 Å². The highest BCUT2D eigenvalue weighted by Crippen LogP contribution is 2.57. The highest BCUT2D eigenvalue weighted by Gasteiger charge is 2.38. The molecule has 0 amide bonds. The Hall–Kier alpha value is -2.84. The van der Waals surface area contributed by atoms with Gasteiger partial charge in [-0.05, 0) is 69.4 Å². The van der Waals surface area contributed by atoms with Crippen LogP contribution in [0.15, 0.2) is 59.3 Å². The molecule has 2 aliphatic rings. The van der Waals surface area contributed by atoms with Crippen molar-refractivity contribution in [1.82, 2.24) is 0 Å². The van der Waals surface area contributed by atoms with Gasteiger partial charge in [-0.1, -0.05) is 12.1 Å². The van der Waals surface area contributed by atoms with Crippen molar-refractivity contribution in [3.05, 3.63) is 91.3 Å². The normalized spacial score (nSPS) is 16.7. The zero-order chi connectivity index (χ0) is 22.4. The molecule has 6 rings (SSSR count). The van der Waals surface area contributed by atoms with E-state index in [4.69, 9.17) is 0 Å². The molecule has 2 aliphatic carbocycles. The lowest BCUT2D eigenvalue weighted by Gasteiger charge is -2.13. The van der Waals surface area contributed by atoms with E-state index < -0.39 is 23.5 Å².